The summed E-state index contributed by atoms with van der Waals surface area (Å²) in [7, 11) is 3.35. The number of carbonyl (C=O) groups excluding carboxylic acids is 2. The summed E-state index contributed by atoms with van der Waals surface area (Å²) in [6.45, 7) is 8.22. The van der Waals surface area contributed by atoms with E-state index in [1.807, 2.05) is 38.1 Å². The first-order chi connectivity index (χ1) is 16.2. The van der Waals surface area contributed by atoms with Gasteiger partial charge in [-0.1, -0.05) is 19.1 Å². The van der Waals surface area contributed by atoms with Crippen LogP contribution in [0.2, 0.25) is 0 Å². The summed E-state index contributed by atoms with van der Waals surface area (Å²) in [4.78, 5) is 31.2. The van der Waals surface area contributed by atoms with Crippen LogP contribution >= 0.6 is 0 Å². The van der Waals surface area contributed by atoms with Crippen LogP contribution in [0.25, 0.3) is 6.08 Å². The minimum Gasteiger partial charge on any atom is -0.493 e. The molecular formula is C26H33N3O5. The van der Waals surface area contributed by atoms with Crippen molar-refractivity contribution in [3.8, 4) is 11.5 Å². The van der Waals surface area contributed by atoms with E-state index in [9.17, 15) is 9.59 Å². The van der Waals surface area contributed by atoms with Gasteiger partial charge in [0, 0.05) is 30.4 Å². The van der Waals surface area contributed by atoms with Gasteiger partial charge in [0.25, 0.3) is 5.91 Å². The predicted molar refractivity (Wildman–Crippen MR) is 131 cm³/mol. The van der Waals surface area contributed by atoms with Crippen molar-refractivity contribution in [2.45, 2.75) is 52.4 Å². The number of nitrogens with zero attached hydrogens (tertiary/aromatic N) is 2. The SMILES string of the molecule is CCCOc1c(OC)cccc1C(C)N(C)C(=O)C=Cc1cnc2c(c1)COC(C)(C)C(=O)N2. The van der Waals surface area contributed by atoms with Crippen molar-refractivity contribution in [1.82, 2.24) is 9.88 Å². The lowest BCUT2D eigenvalue weighted by atomic mass is 10.0. The quantitative estimate of drug-likeness (QED) is 0.580. The molecule has 2 heterocycles. The zero-order chi connectivity index (χ0) is 24.9. The molecule has 0 radical (unpaired) electrons. The summed E-state index contributed by atoms with van der Waals surface area (Å²) in [5.41, 5.74) is 1.42. The minimum atomic E-state index is -0.939. The summed E-state index contributed by atoms with van der Waals surface area (Å²) in [5.74, 6) is 1.36. The second-order valence-electron chi connectivity index (χ2n) is 8.72. The van der Waals surface area contributed by atoms with E-state index >= 15 is 0 Å². The van der Waals surface area contributed by atoms with Gasteiger partial charge in [0.1, 0.15) is 11.4 Å². The van der Waals surface area contributed by atoms with Crippen LogP contribution in [-0.2, 0) is 20.9 Å². The molecule has 34 heavy (non-hydrogen) atoms. The molecule has 1 aliphatic heterocycles. The first kappa shape index (κ1) is 25.2. The van der Waals surface area contributed by atoms with Crippen molar-refractivity contribution in [3.05, 3.63) is 53.2 Å². The molecule has 8 heteroatoms. The number of benzene rings is 1. The molecule has 0 saturated heterocycles. The van der Waals surface area contributed by atoms with Crippen LogP contribution in [0.5, 0.6) is 11.5 Å². The van der Waals surface area contributed by atoms with Crippen LogP contribution < -0.4 is 14.8 Å². The van der Waals surface area contributed by atoms with E-state index < -0.39 is 5.60 Å². The second-order valence-corrected chi connectivity index (χ2v) is 8.72. The maximum Gasteiger partial charge on any atom is 0.257 e. The van der Waals surface area contributed by atoms with Gasteiger partial charge in [-0.3, -0.25) is 9.59 Å². The molecular weight excluding hydrogens is 434 g/mol. The molecule has 1 atom stereocenters. The maximum atomic E-state index is 12.9. The molecule has 2 amide bonds. The lowest BCUT2D eigenvalue weighted by molar-refractivity contribution is -0.137. The van der Waals surface area contributed by atoms with Gasteiger partial charge in [0.15, 0.2) is 11.5 Å². The van der Waals surface area contributed by atoms with Crippen molar-refractivity contribution in [2.24, 2.45) is 0 Å². The van der Waals surface area contributed by atoms with Crippen molar-refractivity contribution < 1.29 is 23.8 Å². The summed E-state index contributed by atoms with van der Waals surface area (Å²) in [6, 6.07) is 7.30. The number of anilines is 1. The molecule has 3 rings (SSSR count). The van der Waals surface area contributed by atoms with Gasteiger partial charge in [-0.25, -0.2) is 4.98 Å². The third-order valence-corrected chi connectivity index (χ3v) is 5.83. The first-order valence-electron chi connectivity index (χ1n) is 11.4. The molecule has 2 aromatic rings. The predicted octanol–water partition coefficient (Wildman–Crippen LogP) is 4.36. The highest BCUT2D eigenvalue weighted by atomic mass is 16.5. The summed E-state index contributed by atoms with van der Waals surface area (Å²) < 4.78 is 17.1. The van der Waals surface area contributed by atoms with Crippen LogP contribution in [-0.4, -0.2) is 48.1 Å². The number of hydrogen-bond donors (Lipinski definition) is 1. The Morgan fingerprint density at radius 3 is 2.85 bits per heavy atom. The zero-order valence-electron chi connectivity index (χ0n) is 20.7. The van der Waals surface area contributed by atoms with E-state index in [1.165, 1.54) is 6.08 Å². The molecule has 182 valence electrons. The minimum absolute atomic E-state index is 0.169. The molecule has 0 bridgehead atoms. The first-order valence-corrected chi connectivity index (χ1v) is 11.4. The third-order valence-electron chi connectivity index (χ3n) is 5.83. The molecule has 1 aromatic heterocycles. The number of hydrogen-bond acceptors (Lipinski definition) is 6. The number of likely N-dealkylation sites (N-methyl/N-ethyl adjacent to an activating group) is 1. The lowest BCUT2D eigenvalue weighted by Gasteiger charge is -2.26. The number of rotatable bonds is 8. The summed E-state index contributed by atoms with van der Waals surface area (Å²) in [5, 5.41) is 2.79. The van der Waals surface area contributed by atoms with Crippen LogP contribution in [0, 0.1) is 0 Å². The molecule has 0 saturated carbocycles. The number of para-hydroxylation sites is 1. The number of carbonyl (C=O) groups is 2. The lowest BCUT2D eigenvalue weighted by Crippen LogP contribution is -2.38. The van der Waals surface area contributed by atoms with Gasteiger partial charge in [0.2, 0.25) is 5.91 Å². The Hall–Kier alpha value is -3.39. The fourth-order valence-corrected chi connectivity index (χ4v) is 3.49. The monoisotopic (exact) mass is 467 g/mol. The smallest absolute Gasteiger partial charge is 0.257 e. The Kier molecular flexibility index (Phi) is 7.94. The van der Waals surface area contributed by atoms with Gasteiger partial charge >= 0.3 is 0 Å². The fraction of sp³-hybridized carbons (Fsp3) is 0.423. The number of pyridine rings is 1. The Morgan fingerprint density at radius 2 is 2.15 bits per heavy atom. The van der Waals surface area contributed by atoms with E-state index in [4.69, 9.17) is 14.2 Å². The second kappa shape index (κ2) is 10.7. The van der Waals surface area contributed by atoms with Crippen LogP contribution in [0.15, 0.2) is 36.5 Å². The van der Waals surface area contributed by atoms with E-state index in [0.29, 0.717) is 23.9 Å². The van der Waals surface area contributed by atoms with Crippen molar-refractivity contribution >= 4 is 23.7 Å². The Bertz CT molecular complexity index is 1080. The molecule has 0 aliphatic carbocycles. The number of fused-ring (bicyclic) bond motifs is 1. The molecule has 1 N–H and O–H groups in total. The summed E-state index contributed by atoms with van der Waals surface area (Å²) >= 11 is 0. The zero-order valence-corrected chi connectivity index (χ0v) is 20.7. The highest BCUT2D eigenvalue weighted by molar-refractivity contribution is 5.97. The van der Waals surface area contributed by atoms with Crippen LogP contribution in [0.1, 0.15) is 56.8 Å². The number of amides is 2. The third kappa shape index (κ3) is 5.56. The highest BCUT2D eigenvalue weighted by Crippen LogP contribution is 2.37. The highest BCUT2D eigenvalue weighted by Gasteiger charge is 2.32. The molecule has 1 aromatic carbocycles. The van der Waals surface area contributed by atoms with Gasteiger partial charge < -0.3 is 24.4 Å². The van der Waals surface area contributed by atoms with E-state index in [0.717, 1.165) is 23.1 Å². The Morgan fingerprint density at radius 1 is 1.38 bits per heavy atom. The molecule has 0 fully saturated rings. The van der Waals surface area contributed by atoms with Crippen molar-refractivity contribution in [3.63, 3.8) is 0 Å². The average Bonchev–Trinajstić information content (AvgIpc) is 2.95. The van der Waals surface area contributed by atoms with E-state index in [1.54, 1.807) is 45.2 Å². The largest absolute Gasteiger partial charge is 0.493 e. The topological polar surface area (TPSA) is 90.0 Å². The standard InChI is InChI=1S/C26H33N3O5/c1-7-13-33-23-20(9-8-10-21(23)32-6)17(2)29(5)22(30)12-11-18-14-19-16-34-26(3,4)25(31)28-24(19)27-15-18/h8-12,14-15,17H,7,13,16H2,1-6H3,(H,27,28,31). The Labute approximate surface area is 200 Å². The average molecular weight is 468 g/mol. The number of nitrogens with one attached hydrogen (secondary N) is 1. The van der Waals surface area contributed by atoms with E-state index in [-0.39, 0.29) is 24.5 Å². The summed E-state index contributed by atoms with van der Waals surface area (Å²) in [6.07, 6.45) is 5.69. The molecule has 1 unspecified atom stereocenters. The number of ether oxygens (including phenoxy) is 3. The fourth-order valence-electron chi connectivity index (χ4n) is 3.49. The van der Waals surface area contributed by atoms with Crippen molar-refractivity contribution in [1.29, 1.82) is 0 Å². The van der Waals surface area contributed by atoms with E-state index in [2.05, 4.69) is 10.3 Å². The van der Waals surface area contributed by atoms with Crippen molar-refractivity contribution in [2.75, 3.05) is 26.1 Å². The van der Waals surface area contributed by atoms with Gasteiger partial charge in [-0.15, -0.1) is 0 Å². The van der Waals surface area contributed by atoms with Gasteiger partial charge in [-0.05, 0) is 51.0 Å². The van der Waals surface area contributed by atoms with Gasteiger partial charge in [-0.2, -0.15) is 0 Å². The van der Waals surface area contributed by atoms with Gasteiger partial charge in [0.05, 0.1) is 26.4 Å². The Balaban J connectivity index is 1.76. The van der Waals surface area contributed by atoms with Crippen LogP contribution in [0.3, 0.4) is 0 Å². The van der Waals surface area contributed by atoms with Crippen LogP contribution in [0.4, 0.5) is 5.82 Å². The number of methoxy groups -OCH3 is 1. The maximum absolute atomic E-state index is 12.9. The molecule has 1 aliphatic rings. The molecule has 8 nitrogen and oxygen atoms in total. The normalized spacial score (nSPS) is 15.8. The molecule has 0 spiro atoms. The number of aromatic nitrogens is 1.